The molecule has 18 heavy (non-hydrogen) atoms. The number of carbonyl (C=O) groups excluding carboxylic acids is 1. The SMILES string of the molecule is CCNc1ncc(Br)cc1C(=O)NC(C)CSC. The lowest BCUT2D eigenvalue weighted by atomic mass is 10.2. The molecule has 0 saturated heterocycles. The maximum absolute atomic E-state index is 12.2. The molecular weight excluding hydrogens is 314 g/mol. The Hall–Kier alpha value is -0.750. The van der Waals surface area contributed by atoms with Gasteiger partial charge in [0, 0.05) is 29.0 Å². The number of aromatic nitrogens is 1. The van der Waals surface area contributed by atoms with Crippen molar-refractivity contribution in [2.24, 2.45) is 0 Å². The van der Waals surface area contributed by atoms with Crippen LogP contribution >= 0.6 is 27.7 Å². The Kier molecular flexibility index (Phi) is 6.49. The van der Waals surface area contributed by atoms with Crippen molar-refractivity contribution < 1.29 is 4.79 Å². The second-order valence-electron chi connectivity index (χ2n) is 3.91. The van der Waals surface area contributed by atoms with Crippen molar-refractivity contribution in [1.82, 2.24) is 10.3 Å². The molecule has 1 aromatic heterocycles. The normalized spacial score (nSPS) is 12.0. The number of carbonyl (C=O) groups is 1. The van der Waals surface area contributed by atoms with Crippen LogP contribution < -0.4 is 10.6 Å². The molecule has 0 aromatic carbocycles. The Morgan fingerprint density at radius 2 is 2.33 bits per heavy atom. The number of pyridine rings is 1. The molecule has 1 unspecified atom stereocenters. The maximum Gasteiger partial charge on any atom is 0.255 e. The van der Waals surface area contributed by atoms with E-state index < -0.39 is 0 Å². The highest BCUT2D eigenvalue weighted by atomic mass is 79.9. The Morgan fingerprint density at radius 1 is 1.61 bits per heavy atom. The van der Waals surface area contributed by atoms with Crippen LogP contribution in [0, 0.1) is 0 Å². The third kappa shape index (κ3) is 4.49. The average Bonchev–Trinajstić information content (AvgIpc) is 2.32. The molecule has 4 nitrogen and oxygen atoms in total. The molecule has 0 aliphatic heterocycles. The third-order valence-corrected chi connectivity index (χ3v) is 3.50. The molecule has 0 aliphatic carbocycles. The van der Waals surface area contributed by atoms with Gasteiger partial charge in [-0.05, 0) is 42.1 Å². The minimum absolute atomic E-state index is 0.0960. The molecular formula is C12H18BrN3OS. The highest BCUT2D eigenvalue weighted by molar-refractivity contribution is 9.10. The van der Waals surface area contributed by atoms with Crippen LogP contribution in [0.2, 0.25) is 0 Å². The molecule has 1 aromatic rings. The van der Waals surface area contributed by atoms with Gasteiger partial charge in [0.05, 0.1) is 5.56 Å². The first-order valence-electron chi connectivity index (χ1n) is 5.77. The van der Waals surface area contributed by atoms with Crippen LogP contribution in [0.1, 0.15) is 24.2 Å². The molecule has 100 valence electrons. The van der Waals surface area contributed by atoms with E-state index in [1.807, 2.05) is 20.1 Å². The zero-order valence-corrected chi connectivity index (χ0v) is 13.2. The summed E-state index contributed by atoms with van der Waals surface area (Å²) in [6.45, 7) is 4.70. The van der Waals surface area contributed by atoms with Gasteiger partial charge >= 0.3 is 0 Å². The second kappa shape index (κ2) is 7.63. The first kappa shape index (κ1) is 15.3. The highest BCUT2D eigenvalue weighted by Crippen LogP contribution is 2.18. The zero-order valence-electron chi connectivity index (χ0n) is 10.8. The van der Waals surface area contributed by atoms with E-state index >= 15 is 0 Å². The second-order valence-corrected chi connectivity index (χ2v) is 5.74. The molecule has 1 amide bonds. The summed E-state index contributed by atoms with van der Waals surface area (Å²) in [6.07, 6.45) is 3.70. The number of thioether (sulfide) groups is 1. The molecule has 0 radical (unpaired) electrons. The average molecular weight is 332 g/mol. The molecule has 6 heteroatoms. The predicted octanol–water partition coefficient (Wildman–Crippen LogP) is 2.76. The van der Waals surface area contributed by atoms with E-state index in [4.69, 9.17) is 0 Å². The van der Waals surface area contributed by atoms with E-state index in [0.29, 0.717) is 11.4 Å². The summed E-state index contributed by atoms with van der Waals surface area (Å²) in [7, 11) is 0. The molecule has 0 spiro atoms. The van der Waals surface area contributed by atoms with Gasteiger partial charge < -0.3 is 10.6 Å². The van der Waals surface area contributed by atoms with Crippen LogP contribution in [-0.4, -0.2) is 35.5 Å². The van der Waals surface area contributed by atoms with Gasteiger partial charge in [-0.2, -0.15) is 11.8 Å². The minimum Gasteiger partial charge on any atom is -0.370 e. The number of amides is 1. The summed E-state index contributed by atoms with van der Waals surface area (Å²) in [6, 6.07) is 1.92. The first-order chi connectivity index (χ1) is 8.58. The summed E-state index contributed by atoms with van der Waals surface area (Å²) >= 11 is 5.05. The summed E-state index contributed by atoms with van der Waals surface area (Å²) in [5, 5.41) is 6.05. The van der Waals surface area contributed by atoms with Crippen molar-refractivity contribution in [1.29, 1.82) is 0 Å². The van der Waals surface area contributed by atoms with Crippen molar-refractivity contribution in [3.8, 4) is 0 Å². The van der Waals surface area contributed by atoms with Crippen LogP contribution in [-0.2, 0) is 0 Å². The van der Waals surface area contributed by atoms with Crippen molar-refractivity contribution in [2.45, 2.75) is 19.9 Å². The summed E-state index contributed by atoms with van der Waals surface area (Å²) in [5.74, 6) is 1.42. The lowest BCUT2D eigenvalue weighted by molar-refractivity contribution is 0.0944. The Labute approximate surface area is 120 Å². The fraction of sp³-hybridized carbons (Fsp3) is 0.500. The van der Waals surface area contributed by atoms with Gasteiger partial charge in [-0.25, -0.2) is 4.98 Å². The van der Waals surface area contributed by atoms with E-state index in [1.54, 1.807) is 24.0 Å². The van der Waals surface area contributed by atoms with E-state index in [1.165, 1.54) is 0 Å². The smallest absolute Gasteiger partial charge is 0.255 e. The van der Waals surface area contributed by atoms with Crippen LogP contribution in [0.3, 0.4) is 0 Å². The number of hydrogen-bond donors (Lipinski definition) is 2. The maximum atomic E-state index is 12.2. The van der Waals surface area contributed by atoms with Gasteiger partial charge in [0.2, 0.25) is 0 Å². The fourth-order valence-electron chi connectivity index (χ4n) is 1.51. The molecule has 0 saturated carbocycles. The Balaban J connectivity index is 2.85. The number of nitrogens with zero attached hydrogens (tertiary/aromatic N) is 1. The van der Waals surface area contributed by atoms with Gasteiger partial charge in [0.1, 0.15) is 5.82 Å². The standard InChI is InChI=1S/C12H18BrN3OS/c1-4-14-11-10(5-9(13)6-15-11)12(17)16-8(2)7-18-3/h5-6,8H,4,7H2,1-3H3,(H,14,15)(H,16,17). The van der Waals surface area contributed by atoms with Crippen molar-refractivity contribution in [2.75, 3.05) is 23.9 Å². The predicted molar refractivity (Wildman–Crippen MR) is 81.4 cm³/mol. The van der Waals surface area contributed by atoms with E-state index in [-0.39, 0.29) is 11.9 Å². The molecule has 1 atom stereocenters. The molecule has 1 heterocycles. The summed E-state index contributed by atoms with van der Waals surface area (Å²) in [5.41, 5.74) is 0.569. The highest BCUT2D eigenvalue weighted by Gasteiger charge is 2.15. The molecule has 2 N–H and O–H groups in total. The minimum atomic E-state index is -0.0960. The van der Waals surface area contributed by atoms with Gasteiger partial charge in [-0.3, -0.25) is 4.79 Å². The van der Waals surface area contributed by atoms with E-state index in [0.717, 1.165) is 16.8 Å². The lowest BCUT2D eigenvalue weighted by Gasteiger charge is -2.14. The van der Waals surface area contributed by atoms with Gasteiger partial charge in [0.25, 0.3) is 5.91 Å². The number of rotatable bonds is 6. The Bertz CT molecular complexity index is 414. The largest absolute Gasteiger partial charge is 0.370 e. The molecule has 1 rings (SSSR count). The van der Waals surface area contributed by atoms with Crippen LogP contribution in [0.15, 0.2) is 16.7 Å². The number of halogens is 1. The number of hydrogen-bond acceptors (Lipinski definition) is 4. The van der Waals surface area contributed by atoms with E-state index in [2.05, 4.69) is 31.5 Å². The van der Waals surface area contributed by atoms with Crippen LogP contribution in [0.4, 0.5) is 5.82 Å². The van der Waals surface area contributed by atoms with Crippen molar-refractivity contribution in [3.63, 3.8) is 0 Å². The monoisotopic (exact) mass is 331 g/mol. The fourth-order valence-corrected chi connectivity index (χ4v) is 2.43. The molecule has 0 bridgehead atoms. The van der Waals surface area contributed by atoms with Gasteiger partial charge in [0.15, 0.2) is 0 Å². The van der Waals surface area contributed by atoms with Gasteiger partial charge in [-0.15, -0.1) is 0 Å². The van der Waals surface area contributed by atoms with E-state index in [9.17, 15) is 4.79 Å². The van der Waals surface area contributed by atoms with Crippen molar-refractivity contribution >= 4 is 39.4 Å². The summed E-state index contributed by atoms with van der Waals surface area (Å²) < 4.78 is 0.798. The quantitative estimate of drug-likeness (QED) is 0.841. The number of nitrogens with one attached hydrogen (secondary N) is 2. The van der Waals surface area contributed by atoms with Crippen LogP contribution in [0.5, 0.6) is 0 Å². The summed E-state index contributed by atoms with van der Waals surface area (Å²) in [4.78, 5) is 16.4. The third-order valence-electron chi connectivity index (χ3n) is 2.24. The molecule has 0 aliphatic rings. The lowest BCUT2D eigenvalue weighted by Crippen LogP contribution is -2.34. The number of anilines is 1. The van der Waals surface area contributed by atoms with Gasteiger partial charge in [-0.1, -0.05) is 0 Å². The first-order valence-corrected chi connectivity index (χ1v) is 7.96. The van der Waals surface area contributed by atoms with Crippen molar-refractivity contribution in [3.05, 3.63) is 22.3 Å². The Morgan fingerprint density at radius 3 is 2.94 bits per heavy atom. The zero-order chi connectivity index (χ0) is 13.5. The molecule has 0 fully saturated rings. The topological polar surface area (TPSA) is 54.0 Å². The van der Waals surface area contributed by atoms with Crippen LogP contribution in [0.25, 0.3) is 0 Å².